The number of methoxy groups -OCH3 is 1. The van der Waals surface area contributed by atoms with Gasteiger partial charge in [0, 0.05) is 18.7 Å². The Morgan fingerprint density at radius 2 is 2.07 bits per heavy atom. The first-order chi connectivity index (χ1) is 12.9. The summed E-state index contributed by atoms with van der Waals surface area (Å²) in [6, 6.07) is 7.18. The highest BCUT2D eigenvalue weighted by atomic mass is 16.5. The Labute approximate surface area is 159 Å². The average Bonchev–Trinajstić information content (AvgIpc) is 3.13. The second kappa shape index (κ2) is 7.82. The highest BCUT2D eigenvalue weighted by Crippen LogP contribution is 2.31. The number of para-hydroxylation sites is 2. The van der Waals surface area contributed by atoms with Crippen molar-refractivity contribution in [2.24, 2.45) is 0 Å². The van der Waals surface area contributed by atoms with Gasteiger partial charge in [0.1, 0.15) is 12.3 Å². The maximum atomic E-state index is 12.5. The molecule has 0 bridgehead atoms. The van der Waals surface area contributed by atoms with E-state index < -0.39 is 0 Å². The van der Waals surface area contributed by atoms with Gasteiger partial charge in [0.05, 0.1) is 24.5 Å². The normalized spacial score (nSPS) is 16.7. The minimum absolute atomic E-state index is 0.0239. The molecule has 1 atom stereocenters. The largest absolute Gasteiger partial charge is 0.495 e. The molecule has 1 aliphatic heterocycles. The number of aryl methyl sites for hydroxylation is 1. The lowest BCUT2D eigenvalue weighted by Crippen LogP contribution is -2.39. The third kappa shape index (κ3) is 3.82. The SMILES string of the molecule is CCc1c(C)nn(CC(=O)N[C@@H]2CC(=O)N(c3ccccc3OC)C2)c1C. The molecule has 3 rings (SSSR count). The van der Waals surface area contributed by atoms with Crippen LogP contribution < -0.4 is 15.0 Å². The van der Waals surface area contributed by atoms with Crippen molar-refractivity contribution < 1.29 is 14.3 Å². The quantitative estimate of drug-likeness (QED) is 0.844. The monoisotopic (exact) mass is 370 g/mol. The van der Waals surface area contributed by atoms with E-state index in [0.717, 1.165) is 23.5 Å². The van der Waals surface area contributed by atoms with Crippen LogP contribution in [0.1, 0.15) is 30.3 Å². The molecule has 1 N–H and O–H groups in total. The van der Waals surface area contributed by atoms with E-state index in [9.17, 15) is 9.59 Å². The summed E-state index contributed by atoms with van der Waals surface area (Å²) in [5, 5.41) is 7.42. The van der Waals surface area contributed by atoms with Gasteiger partial charge in [0.15, 0.2) is 0 Å². The molecular formula is C20H26N4O3. The molecule has 27 heavy (non-hydrogen) atoms. The first-order valence-electron chi connectivity index (χ1n) is 9.20. The molecule has 7 heteroatoms. The van der Waals surface area contributed by atoms with Crippen LogP contribution >= 0.6 is 0 Å². The fourth-order valence-electron chi connectivity index (χ4n) is 3.70. The standard InChI is InChI=1S/C20H26N4O3/c1-5-16-13(2)22-24(14(16)3)12-19(25)21-15-10-20(26)23(11-15)17-8-6-7-9-18(17)27-4/h6-9,15H,5,10-12H2,1-4H3,(H,21,25)/t15-/m1/s1. The molecule has 1 fully saturated rings. The summed E-state index contributed by atoms with van der Waals surface area (Å²) in [4.78, 5) is 26.6. The van der Waals surface area contributed by atoms with Crippen LogP contribution in [-0.2, 0) is 22.6 Å². The number of ether oxygens (including phenoxy) is 1. The number of anilines is 1. The van der Waals surface area contributed by atoms with Crippen LogP contribution in [0.2, 0.25) is 0 Å². The lowest BCUT2D eigenvalue weighted by molar-refractivity contribution is -0.122. The van der Waals surface area contributed by atoms with Gasteiger partial charge in [-0.1, -0.05) is 19.1 Å². The summed E-state index contributed by atoms with van der Waals surface area (Å²) < 4.78 is 7.08. The van der Waals surface area contributed by atoms with Gasteiger partial charge in [0.25, 0.3) is 0 Å². The van der Waals surface area contributed by atoms with Crippen molar-refractivity contribution in [3.63, 3.8) is 0 Å². The van der Waals surface area contributed by atoms with Crippen LogP contribution in [0.25, 0.3) is 0 Å². The van der Waals surface area contributed by atoms with E-state index in [4.69, 9.17) is 4.74 Å². The number of nitrogens with one attached hydrogen (secondary N) is 1. The molecule has 0 aliphatic carbocycles. The summed E-state index contributed by atoms with van der Waals surface area (Å²) in [7, 11) is 1.58. The molecule has 0 unspecified atom stereocenters. The van der Waals surface area contributed by atoms with Crippen molar-refractivity contribution in [1.29, 1.82) is 0 Å². The van der Waals surface area contributed by atoms with E-state index >= 15 is 0 Å². The first kappa shape index (κ1) is 18.9. The first-order valence-corrected chi connectivity index (χ1v) is 9.20. The van der Waals surface area contributed by atoms with Gasteiger partial charge in [-0.05, 0) is 38.0 Å². The maximum Gasteiger partial charge on any atom is 0.242 e. The number of rotatable bonds is 6. The zero-order valence-corrected chi connectivity index (χ0v) is 16.3. The smallest absolute Gasteiger partial charge is 0.242 e. The molecule has 1 saturated heterocycles. The van der Waals surface area contributed by atoms with Crippen LogP contribution in [0.3, 0.4) is 0 Å². The van der Waals surface area contributed by atoms with E-state index in [1.807, 2.05) is 38.1 Å². The molecular weight excluding hydrogens is 344 g/mol. The van der Waals surface area contributed by atoms with Crippen molar-refractivity contribution in [3.05, 3.63) is 41.2 Å². The molecule has 1 aliphatic rings. The zero-order chi connectivity index (χ0) is 19.6. The lowest BCUT2D eigenvalue weighted by Gasteiger charge is -2.19. The van der Waals surface area contributed by atoms with Gasteiger partial charge in [-0.3, -0.25) is 14.3 Å². The van der Waals surface area contributed by atoms with Crippen molar-refractivity contribution in [2.45, 2.75) is 46.2 Å². The van der Waals surface area contributed by atoms with Crippen molar-refractivity contribution >= 4 is 17.5 Å². The lowest BCUT2D eigenvalue weighted by atomic mass is 10.1. The topological polar surface area (TPSA) is 76.5 Å². The van der Waals surface area contributed by atoms with E-state index in [2.05, 4.69) is 17.3 Å². The van der Waals surface area contributed by atoms with Gasteiger partial charge in [-0.15, -0.1) is 0 Å². The van der Waals surface area contributed by atoms with Crippen molar-refractivity contribution in [1.82, 2.24) is 15.1 Å². The molecule has 1 aromatic carbocycles. The molecule has 2 aromatic rings. The molecule has 2 amide bonds. The van der Waals surface area contributed by atoms with Crippen LogP contribution in [-0.4, -0.2) is 41.3 Å². The van der Waals surface area contributed by atoms with Crippen LogP contribution in [0, 0.1) is 13.8 Å². The van der Waals surface area contributed by atoms with E-state index in [0.29, 0.717) is 12.3 Å². The predicted molar refractivity (Wildman–Crippen MR) is 103 cm³/mol. The van der Waals surface area contributed by atoms with Gasteiger partial charge in [-0.2, -0.15) is 5.10 Å². The molecule has 7 nitrogen and oxygen atoms in total. The third-order valence-corrected chi connectivity index (χ3v) is 5.04. The van der Waals surface area contributed by atoms with Crippen LogP contribution in [0.4, 0.5) is 5.69 Å². The number of aromatic nitrogens is 2. The molecule has 1 aromatic heterocycles. The summed E-state index contributed by atoms with van der Waals surface area (Å²) in [6.07, 6.45) is 1.17. The van der Waals surface area contributed by atoms with Gasteiger partial charge < -0.3 is 15.0 Å². The number of carbonyl (C=O) groups excluding carboxylic acids is 2. The Hall–Kier alpha value is -2.83. The fraction of sp³-hybridized carbons (Fsp3) is 0.450. The van der Waals surface area contributed by atoms with Crippen LogP contribution in [0.5, 0.6) is 5.75 Å². The van der Waals surface area contributed by atoms with Gasteiger partial charge in [0.2, 0.25) is 11.8 Å². The number of hydrogen-bond donors (Lipinski definition) is 1. The van der Waals surface area contributed by atoms with E-state index in [1.54, 1.807) is 16.7 Å². The summed E-state index contributed by atoms with van der Waals surface area (Å²) in [6.45, 7) is 6.61. The molecule has 0 spiro atoms. The van der Waals surface area contributed by atoms with Crippen LogP contribution in [0.15, 0.2) is 24.3 Å². The van der Waals surface area contributed by atoms with Gasteiger partial charge >= 0.3 is 0 Å². The number of benzene rings is 1. The Morgan fingerprint density at radius 1 is 1.33 bits per heavy atom. The Kier molecular flexibility index (Phi) is 5.48. The number of carbonyl (C=O) groups is 2. The highest BCUT2D eigenvalue weighted by molar-refractivity contribution is 5.98. The third-order valence-electron chi connectivity index (χ3n) is 5.04. The Morgan fingerprint density at radius 3 is 2.74 bits per heavy atom. The van der Waals surface area contributed by atoms with Crippen molar-refractivity contribution in [2.75, 3.05) is 18.6 Å². The van der Waals surface area contributed by atoms with Gasteiger partial charge in [-0.25, -0.2) is 0 Å². The Balaban J connectivity index is 1.65. The Bertz CT molecular complexity index is 859. The molecule has 2 heterocycles. The minimum atomic E-state index is -0.225. The summed E-state index contributed by atoms with van der Waals surface area (Å²) >= 11 is 0. The second-order valence-corrected chi connectivity index (χ2v) is 6.81. The van der Waals surface area contributed by atoms with E-state index in [-0.39, 0.29) is 30.8 Å². The molecule has 0 radical (unpaired) electrons. The fourth-order valence-corrected chi connectivity index (χ4v) is 3.70. The minimum Gasteiger partial charge on any atom is -0.495 e. The maximum absolute atomic E-state index is 12.5. The average molecular weight is 370 g/mol. The highest BCUT2D eigenvalue weighted by Gasteiger charge is 2.33. The second-order valence-electron chi connectivity index (χ2n) is 6.81. The summed E-state index contributed by atoms with van der Waals surface area (Å²) in [5.41, 5.74) is 3.89. The summed E-state index contributed by atoms with van der Waals surface area (Å²) in [5.74, 6) is 0.486. The van der Waals surface area contributed by atoms with Crippen molar-refractivity contribution in [3.8, 4) is 5.75 Å². The van der Waals surface area contributed by atoms with E-state index in [1.165, 1.54) is 5.56 Å². The number of nitrogens with zero attached hydrogens (tertiary/aromatic N) is 3. The molecule has 144 valence electrons. The zero-order valence-electron chi connectivity index (χ0n) is 16.3. The molecule has 0 saturated carbocycles. The number of amides is 2. The predicted octanol–water partition coefficient (Wildman–Crippen LogP) is 1.99. The number of hydrogen-bond acceptors (Lipinski definition) is 4.